The topological polar surface area (TPSA) is 63.7 Å². The lowest BCUT2D eigenvalue weighted by Gasteiger charge is -2.25. The van der Waals surface area contributed by atoms with Gasteiger partial charge in [-0.2, -0.15) is 0 Å². The third-order valence-electron chi connectivity index (χ3n) is 3.77. The zero-order chi connectivity index (χ0) is 18.6. The maximum Gasteiger partial charge on any atom is 0.326 e. The number of esters is 1. The molecule has 0 saturated heterocycles. The van der Waals surface area contributed by atoms with Gasteiger partial charge in [-0.1, -0.05) is 17.7 Å². The van der Waals surface area contributed by atoms with Crippen LogP contribution in [0.2, 0.25) is 0 Å². The van der Waals surface area contributed by atoms with Gasteiger partial charge in [0.05, 0.1) is 17.7 Å². The average Bonchev–Trinajstić information content (AvgIpc) is 2.60. The number of anilines is 1. The molecule has 7 heteroatoms. The van der Waals surface area contributed by atoms with Crippen molar-refractivity contribution < 1.29 is 17.9 Å². The first-order chi connectivity index (χ1) is 11.8. The molecule has 0 N–H and O–H groups in total. The Balaban J connectivity index is 2.54. The molecular weight excluding hydrogens is 358 g/mol. The summed E-state index contributed by atoms with van der Waals surface area (Å²) in [6.07, 6.45) is 1.92. The molecule has 5 nitrogen and oxygen atoms in total. The van der Waals surface area contributed by atoms with Crippen LogP contribution in [0.25, 0.3) is 0 Å². The van der Waals surface area contributed by atoms with E-state index in [-0.39, 0.29) is 11.4 Å². The fraction of sp³-hybridized carbons (Fsp3) is 0.278. The number of ether oxygens (including phenoxy) is 1. The first-order valence-electron chi connectivity index (χ1n) is 7.60. The minimum atomic E-state index is -3.90. The van der Waals surface area contributed by atoms with Crippen molar-refractivity contribution in [3.05, 3.63) is 53.6 Å². The normalized spacial score (nSPS) is 11.2. The van der Waals surface area contributed by atoms with Gasteiger partial charge < -0.3 is 4.74 Å². The van der Waals surface area contributed by atoms with Gasteiger partial charge in [0.25, 0.3) is 10.0 Å². The summed E-state index contributed by atoms with van der Waals surface area (Å²) in [7, 11) is -2.66. The Morgan fingerprint density at radius 3 is 2.28 bits per heavy atom. The summed E-state index contributed by atoms with van der Waals surface area (Å²) in [5.74, 6) is -0.621. The quantitative estimate of drug-likeness (QED) is 0.569. The summed E-state index contributed by atoms with van der Waals surface area (Å²) in [4.78, 5) is 12.9. The largest absolute Gasteiger partial charge is 0.468 e. The van der Waals surface area contributed by atoms with Crippen LogP contribution in [0.4, 0.5) is 5.69 Å². The van der Waals surface area contributed by atoms with Crippen LogP contribution in [0.5, 0.6) is 0 Å². The highest BCUT2D eigenvalue weighted by Gasteiger charge is 2.28. The summed E-state index contributed by atoms with van der Waals surface area (Å²) in [5.41, 5.74) is 2.25. The van der Waals surface area contributed by atoms with Crippen LogP contribution >= 0.6 is 11.8 Å². The van der Waals surface area contributed by atoms with E-state index in [2.05, 4.69) is 4.74 Å². The average molecular weight is 380 g/mol. The molecule has 0 aromatic heterocycles. The van der Waals surface area contributed by atoms with E-state index in [1.165, 1.54) is 18.9 Å². The standard InChI is InChI=1S/C18H21NO4S2/c1-13-5-10-17(14(2)11-13)19(12-18(20)23-3)25(21,22)16-8-6-15(24-4)7-9-16/h5-11H,12H2,1-4H3. The molecule has 0 spiro atoms. The second-order valence-electron chi connectivity index (χ2n) is 5.55. The highest BCUT2D eigenvalue weighted by molar-refractivity contribution is 7.98. The predicted octanol–water partition coefficient (Wildman–Crippen LogP) is 3.39. The number of methoxy groups -OCH3 is 1. The molecule has 25 heavy (non-hydrogen) atoms. The molecule has 0 fully saturated rings. The molecule has 0 atom stereocenters. The predicted molar refractivity (Wildman–Crippen MR) is 101 cm³/mol. The van der Waals surface area contributed by atoms with Crippen molar-refractivity contribution in [2.24, 2.45) is 0 Å². The van der Waals surface area contributed by atoms with E-state index in [9.17, 15) is 13.2 Å². The third kappa shape index (κ3) is 4.35. The van der Waals surface area contributed by atoms with E-state index in [1.807, 2.05) is 32.2 Å². The van der Waals surface area contributed by atoms with E-state index < -0.39 is 16.0 Å². The molecule has 0 amide bonds. The number of carbonyl (C=O) groups is 1. The summed E-state index contributed by atoms with van der Waals surface area (Å²) in [6.45, 7) is 3.36. The molecule has 0 aliphatic heterocycles. The van der Waals surface area contributed by atoms with E-state index in [0.29, 0.717) is 5.69 Å². The van der Waals surface area contributed by atoms with Crippen LogP contribution in [-0.2, 0) is 19.6 Å². The van der Waals surface area contributed by atoms with Gasteiger partial charge in [-0.25, -0.2) is 8.42 Å². The lowest BCUT2D eigenvalue weighted by molar-refractivity contribution is -0.138. The molecule has 134 valence electrons. The molecule has 0 radical (unpaired) electrons. The fourth-order valence-electron chi connectivity index (χ4n) is 2.44. The van der Waals surface area contributed by atoms with Crippen molar-refractivity contribution in [3.63, 3.8) is 0 Å². The summed E-state index contributed by atoms with van der Waals surface area (Å²) >= 11 is 1.53. The van der Waals surface area contributed by atoms with Gasteiger partial charge in [-0.3, -0.25) is 9.10 Å². The Bertz CT molecular complexity index is 861. The summed E-state index contributed by atoms with van der Waals surface area (Å²) in [5, 5.41) is 0. The van der Waals surface area contributed by atoms with Crippen LogP contribution in [-0.4, -0.2) is 34.3 Å². The van der Waals surface area contributed by atoms with Gasteiger partial charge in [0, 0.05) is 4.90 Å². The Hall–Kier alpha value is -1.99. The zero-order valence-electron chi connectivity index (χ0n) is 14.6. The lowest BCUT2D eigenvalue weighted by Crippen LogP contribution is -2.36. The first kappa shape index (κ1) is 19.3. The van der Waals surface area contributed by atoms with Crippen LogP contribution in [0.3, 0.4) is 0 Å². The maximum absolute atomic E-state index is 13.1. The van der Waals surface area contributed by atoms with Gasteiger partial charge in [-0.05, 0) is 56.0 Å². The van der Waals surface area contributed by atoms with E-state index in [4.69, 9.17) is 0 Å². The molecule has 0 aliphatic carbocycles. The number of benzene rings is 2. The number of sulfonamides is 1. The van der Waals surface area contributed by atoms with Crippen molar-refractivity contribution in [2.45, 2.75) is 23.6 Å². The van der Waals surface area contributed by atoms with E-state index >= 15 is 0 Å². The van der Waals surface area contributed by atoms with Gasteiger partial charge in [0.15, 0.2) is 0 Å². The first-order valence-corrected chi connectivity index (χ1v) is 10.3. The van der Waals surface area contributed by atoms with Gasteiger partial charge in [-0.15, -0.1) is 11.8 Å². The van der Waals surface area contributed by atoms with Crippen LogP contribution in [0, 0.1) is 13.8 Å². The Morgan fingerprint density at radius 2 is 1.76 bits per heavy atom. The molecule has 2 aromatic rings. The summed E-state index contributed by atoms with van der Waals surface area (Å²) < 4.78 is 32.0. The highest BCUT2D eigenvalue weighted by Crippen LogP contribution is 2.28. The summed E-state index contributed by atoms with van der Waals surface area (Å²) in [6, 6.07) is 12.0. The Kier molecular flexibility index (Phi) is 6.13. The van der Waals surface area contributed by atoms with Gasteiger partial charge >= 0.3 is 5.97 Å². The number of thioether (sulfide) groups is 1. The third-order valence-corrected chi connectivity index (χ3v) is 6.29. The maximum atomic E-state index is 13.1. The number of nitrogens with zero attached hydrogens (tertiary/aromatic N) is 1. The molecule has 0 heterocycles. The molecule has 0 saturated carbocycles. The highest BCUT2D eigenvalue weighted by atomic mass is 32.2. The number of carbonyl (C=O) groups excluding carboxylic acids is 1. The lowest BCUT2D eigenvalue weighted by atomic mass is 10.1. The Labute approximate surface area is 153 Å². The molecule has 0 unspecified atom stereocenters. The monoisotopic (exact) mass is 379 g/mol. The van der Waals surface area contributed by atoms with Gasteiger partial charge in [0.1, 0.15) is 6.54 Å². The number of aryl methyl sites for hydroxylation is 2. The molecule has 0 aliphatic rings. The SMILES string of the molecule is COC(=O)CN(c1ccc(C)cc1C)S(=O)(=O)c1ccc(SC)cc1. The van der Waals surface area contributed by atoms with Crippen molar-refractivity contribution in [1.82, 2.24) is 0 Å². The van der Waals surface area contributed by atoms with Crippen molar-refractivity contribution in [1.29, 1.82) is 0 Å². The zero-order valence-corrected chi connectivity index (χ0v) is 16.3. The minimum Gasteiger partial charge on any atom is -0.468 e. The van der Waals surface area contributed by atoms with Crippen molar-refractivity contribution in [2.75, 3.05) is 24.2 Å². The van der Waals surface area contributed by atoms with Crippen molar-refractivity contribution >= 4 is 33.4 Å². The number of rotatable bonds is 6. The van der Waals surface area contributed by atoms with E-state index in [0.717, 1.165) is 20.3 Å². The van der Waals surface area contributed by atoms with Crippen LogP contribution in [0.1, 0.15) is 11.1 Å². The molecule has 0 bridgehead atoms. The second kappa shape index (κ2) is 7.93. The molecular formula is C18H21NO4S2. The second-order valence-corrected chi connectivity index (χ2v) is 8.30. The Morgan fingerprint density at radius 1 is 1.12 bits per heavy atom. The van der Waals surface area contributed by atoms with Crippen LogP contribution in [0.15, 0.2) is 52.3 Å². The van der Waals surface area contributed by atoms with Crippen LogP contribution < -0.4 is 4.31 Å². The minimum absolute atomic E-state index is 0.133. The molecule has 2 rings (SSSR count). The van der Waals surface area contributed by atoms with Gasteiger partial charge in [0.2, 0.25) is 0 Å². The smallest absolute Gasteiger partial charge is 0.326 e. The number of hydrogen-bond donors (Lipinski definition) is 0. The number of hydrogen-bond acceptors (Lipinski definition) is 5. The van der Waals surface area contributed by atoms with Crippen molar-refractivity contribution in [3.8, 4) is 0 Å². The molecule has 2 aromatic carbocycles. The fourth-order valence-corrected chi connectivity index (χ4v) is 4.32. The van der Waals surface area contributed by atoms with E-state index in [1.54, 1.807) is 30.3 Å².